The van der Waals surface area contributed by atoms with Crippen molar-refractivity contribution >= 4 is 11.6 Å². The molecule has 0 spiro atoms. The van der Waals surface area contributed by atoms with Crippen molar-refractivity contribution in [1.29, 1.82) is 0 Å². The Morgan fingerprint density at radius 1 is 1.81 bits per heavy atom. The number of aliphatic hydroxyl groups excluding tert-OH is 1. The van der Waals surface area contributed by atoms with Crippen LogP contribution in [0, 0.1) is 0 Å². The van der Waals surface area contributed by atoms with Crippen LogP contribution in [0.15, 0.2) is 6.07 Å². The first-order valence-electron chi connectivity index (χ1n) is 5.36. The highest BCUT2D eigenvalue weighted by Crippen LogP contribution is 2.11. The smallest absolute Gasteiger partial charge is 0.194 e. The normalized spacial score (nSPS) is 21.2. The van der Waals surface area contributed by atoms with Gasteiger partial charge in [-0.2, -0.15) is 5.10 Å². The maximum absolute atomic E-state index is 11.8. The van der Waals surface area contributed by atoms with E-state index in [1.54, 1.807) is 13.1 Å². The van der Waals surface area contributed by atoms with E-state index in [1.807, 2.05) is 4.90 Å². The molecule has 6 nitrogen and oxygen atoms in total. The molecule has 6 heteroatoms. The zero-order valence-electron chi connectivity index (χ0n) is 9.23. The highest BCUT2D eigenvalue weighted by molar-refractivity contribution is 5.96. The van der Waals surface area contributed by atoms with Crippen LogP contribution in [0.25, 0.3) is 0 Å². The Hall–Kier alpha value is -1.40. The van der Waals surface area contributed by atoms with Gasteiger partial charge in [-0.3, -0.25) is 14.8 Å². The van der Waals surface area contributed by atoms with Crippen LogP contribution in [0.5, 0.6) is 0 Å². The Kier molecular flexibility index (Phi) is 3.21. The summed E-state index contributed by atoms with van der Waals surface area (Å²) in [7, 11) is 1.75. The summed E-state index contributed by atoms with van der Waals surface area (Å²) in [5.41, 5.74) is 0.505. The first kappa shape index (κ1) is 11.1. The van der Waals surface area contributed by atoms with E-state index in [2.05, 4.69) is 15.5 Å². The van der Waals surface area contributed by atoms with Crippen molar-refractivity contribution in [3.05, 3.63) is 11.8 Å². The average molecular weight is 224 g/mol. The number of ketones is 1. The van der Waals surface area contributed by atoms with Crippen LogP contribution in [0.1, 0.15) is 16.9 Å². The molecule has 16 heavy (non-hydrogen) atoms. The van der Waals surface area contributed by atoms with Crippen molar-refractivity contribution in [2.45, 2.75) is 12.5 Å². The van der Waals surface area contributed by atoms with Crippen LogP contribution in [0.4, 0.5) is 5.82 Å². The van der Waals surface area contributed by atoms with Gasteiger partial charge in [0.15, 0.2) is 5.78 Å². The van der Waals surface area contributed by atoms with E-state index >= 15 is 0 Å². The summed E-state index contributed by atoms with van der Waals surface area (Å²) in [4.78, 5) is 13.8. The number of β-amino-alcohol motifs (C(OH)–C–C–N with tert-alkyl or cyclic N) is 1. The number of hydrogen-bond acceptors (Lipinski definition) is 5. The molecular formula is C10H16N4O2. The third kappa shape index (κ3) is 2.40. The number of nitrogens with zero attached hydrogens (tertiary/aromatic N) is 2. The largest absolute Gasteiger partial charge is 0.392 e. The van der Waals surface area contributed by atoms with Crippen molar-refractivity contribution in [3.8, 4) is 0 Å². The molecule has 1 aliphatic heterocycles. The fraction of sp³-hybridized carbons (Fsp3) is 0.600. The SMILES string of the molecule is CNc1cc(C(=O)CN2CC[C@@H](O)C2)[nH]n1. The van der Waals surface area contributed by atoms with Gasteiger partial charge in [0.05, 0.1) is 12.6 Å². The molecule has 1 saturated heterocycles. The second-order valence-electron chi connectivity index (χ2n) is 4.02. The summed E-state index contributed by atoms with van der Waals surface area (Å²) in [6.07, 6.45) is 0.459. The number of carbonyl (C=O) groups excluding carboxylic acids is 1. The predicted molar refractivity (Wildman–Crippen MR) is 59.5 cm³/mol. The first-order valence-corrected chi connectivity index (χ1v) is 5.36. The predicted octanol–water partition coefficient (Wildman–Crippen LogP) is -0.299. The number of H-pyrrole nitrogens is 1. The maximum Gasteiger partial charge on any atom is 0.194 e. The van der Waals surface area contributed by atoms with Gasteiger partial charge in [-0.25, -0.2) is 0 Å². The zero-order valence-corrected chi connectivity index (χ0v) is 9.23. The Morgan fingerprint density at radius 2 is 2.62 bits per heavy atom. The molecule has 0 bridgehead atoms. The highest BCUT2D eigenvalue weighted by atomic mass is 16.3. The number of Topliss-reactive ketones (excluding diaryl/α,β-unsaturated/α-hetero) is 1. The summed E-state index contributed by atoms with van der Waals surface area (Å²) < 4.78 is 0. The molecule has 2 rings (SSSR count). The Labute approximate surface area is 93.6 Å². The molecule has 1 aromatic heterocycles. The molecule has 1 aliphatic rings. The second-order valence-corrected chi connectivity index (χ2v) is 4.02. The number of aliphatic hydroxyl groups is 1. The average Bonchev–Trinajstić information content (AvgIpc) is 2.87. The number of anilines is 1. The third-order valence-corrected chi connectivity index (χ3v) is 2.75. The minimum absolute atomic E-state index is 0.00287. The third-order valence-electron chi connectivity index (χ3n) is 2.75. The number of hydrogen-bond donors (Lipinski definition) is 3. The molecule has 88 valence electrons. The molecule has 1 atom stereocenters. The van der Waals surface area contributed by atoms with Crippen LogP contribution in [-0.2, 0) is 0 Å². The van der Waals surface area contributed by atoms with Gasteiger partial charge in [-0.15, -0.1) is 0 Å². The van der Waals surface area contributed by atoms with Gasteiger partial charge in [0.2, 0.25) is 0 Å². The minimum Gasteiger partial charge on any atom is -0.392 e. The molecule has 0 saturated carbocycles. The number of aromatic nitrogens is 2. The van der Waals surface area contributed by atoms with Crippen LogP contribution in [-0.4, -0.2) is 58.8 Å². The van der Waals surface area contributed by atoms with Crippen LogP contribution in [0.3, 0.4) is 0 Å². The summed E-state index contributed by atoms with van der Waals surface area (Å²) in [5, 5.41) is 18.8. The van der Waals surface area contributed by atoms with Gasteiger partial charge in [0.1, 0.15) is 11.5 Å². The van der Waals surface area contributed by atoms with Gasteiger partial charge in [-0.05, 0) is 6.42 Å². The number of aromatic amines is 1. The van der Waals surface area contributed by atoms with E-state index in [1.165, 1.54) is 0 Å². The standard InChI is InChI=1S/C10H16N4O2/c1-11-10-4-8(12-13-10)9(16)6-14-3-2-7(15)5-14/h4,7,15H,2-3,5-6H2,1H3,(H2,11,12,13)/t7-/m1/s1. The number of carbonyl (C=O) groups is 1. The molecule has 3 N–H and O–H groups in total. The molecule has 0 unspecified atom stereocenters. The van der Waals surface area contributed by atoms with Crippen LogP contribution < -0.4 is 5.32 Å². The molecule has 2 heterocycles. The quantitative estimate of drug-likeness (QED) is 0.612. The summed E-state index contributed by atoms with van der Waals surface area (Å²) in [6, 6.07) is 1.69. The molecule has 1 fully saturated rings. The van der Waals surface area contributed by atoms with Crippen molar-refractivity contribution in [2.24, 2.45) is 0 Å². The molecule has 0 aromatic carbocycles. The van der Waals surface area contributed by atoms with Crippen molar-refractivity contribution in [2.75, 3.05) is 32.0 Å². The Morgan fingerprint density at radius 3 is 3.19 bits per heavy atom. The van der Waals surface area contributed by atoms with E-state index < -0.39 is 0 Å². The number of rotatable bonds is 4. The monoisotopic (exact) mass is 224 g/mol. The molecule has 1 aromatic rings. The Balaban J connectivity index is 1.92. The number of likely N-dealkylation sites (tertiary alicyclic amines) is 1. The van der Waals surface area contributed by atoms with Crippen LogP contribution >= 0.6 is 0 Å². The fourth-order valence-electron chi connectivity index (χ4n) is 1.84. The summed E-state index contributed by atoms with van der Waals surface area (Å²) in [5.74, 6) is 0.660. The summed E-state index contributed by atoms with van der Waals surface area (Å²) in [6.45, 7) is 1.70. The van der Waals surface area contributed by atoms with Gasteiger partial charge >= 0.3 is 0 Å². The molecule has 0 amide bonds. The molecular weight excluding hydrogens is 208 g/mol. The lowest BCUT2D eigenvalue weighted by Gasteiger charge is -2.12. The number of nitrogens with one attached hydrogen (secondary N) is 2. The van der Waals surface area contributed by atoms with Gasteiger partial charge in [0.25, 0.3) is 0 Å². The molecule has 0 aliphatic carbocycles. The maximum atomic E-state index is 11.8. The minimum atomic E-state index is -0.289. The van der Waals surface area contributed by atoms with E-state index in [0.717, 1.165) is 13.0 Å². The first-order chi connectivity index (χ1) is 7.69. The topological polar surface area (TPSA) is 81.3 Å². The highest BCUT2D eigenvalue weighted by Gasteiger charge is 2.23. The van der Waals surface area contributed by atoms with Crippen molar-refractivity contribution in [1.82, 2.24) is 15.1 Å². The van der Waals surface area contributed by atoms with E-state index in [4.69, 9.17) is 0 Å². The molecule has 0 radical (unpaired) electrons. The lowest BCUT2D eigenvalue weighted by Crippen LogP contribution is -2.28. The lowest BCUT2D eigenvalue weighted by atomic mass is 10.2. The van der Waals surface area contributed by atoms with E-state index in [0.29, 0.717) is 24.6 Å². The van der Waals surface area contributed by atoms with E-state index in [9.17, 15) is 9.90 Å². The van der Waals surface area contributed by atoms with Gasteiger partial charge < -0.3 is 10.4 Å². The zero-order chi connectivity index (χ0) is 11.5. The van der Waals surface area contributed by atoms with Gasteiger partial charge in [0, 0.05) is 26.2 Å². The van der Waals surface area contributed by atoms with E-state index in [-0.39, 0.29) is 11.9 Å². The van der Waals surface area contributed by atoms with Gasteiger partial charge in [-0.1, -0.05) is 0 Å². The second kappa shape index (κ2) is 4.63. The van der Waals surface area contributed by atoms with Crippen molar-refractivity contribution in [3.63, 3.8) is 0 Å². The summed E-state index contributed by atoms with van der Waals surface area (Å²) >= 11 is 0. The Bertz CT molecular complexity index is 377. The fourth-order valence-corrected chi connectivity index (χ4v) is 1.84. The van der Waals surface area contributed by atoms with Crippen LogP contribution in [0.2, 0.25) is 0 Å². The van der Waals surface area contributed by atoms with Crippen molar-refractivity contribution < 1.29 is 9.90 Å². The lowest BCUT2D eigenvalue weighted by molar-refractivity contribution is 0.0930.